The molecule has 0 aromatic carbocycles. The molecule has 68 valence electrons. The average Bonchev–Trinajstić information content (AvgIpc) is 2.19. The van der Waals surface area contributed by atoms with Crippen LogP contribution in [0.2, 0.25) is 0 Å². The van der Waals surface area contributed by atoms with Crippen LogP contribution in [0.1, 0.15) is 18.2 Å². The number of carboxylic acid groups (broad SMARTS) is 1. The molecule has 1 heterocycles. The van der Waals surface area contributed by atoms with Gasteiger partial charge in [-0.2, -0.15) is 5.10 Å². The highest BCUT2D eigenvalue weighted by molar-refractivity contribution is 5.62. The van der Waals surface area contributed by atoms with Gasteiger partial charge >= 0.3 is 0 Å². The van der Waals surface area contributed by atoms with E-state index < -0.39 is 5.97 Å². The fourth-order valence-corrected chi connectivity index (χ4v) is 0.504. The maximum atomic E-state index is 9.00. The molecule has 0 aliphatic heterocycles. The molecule has 1 rings (SSSR count). The summed E-state index contributed by atoms with van der Waals surface area (Å²) in [5.41, 5.74) is 7.49. The smallest absolute Gasteiger partial charge is 0.300 e. The van der Waals surface area contributed by atoms with Crippen LogP contribution in [0.5, 0.6) is 0 Å². The molecule has 0 atom stereocenters. The molecule has 0 saturated carbocycles. The van der Waals surface area contributed by atoms with Crippen molar-refractivity contribution in [2.45, 2.75) is 20.8 Å². The van der Waals surface area contributed by atoms with Crippen LogP contribution in [0.3, 0.4) is 0 Å². The number of hydrogen-bond acceptors (Lipinski definition) is 3. The standard InChI is InChI=1S/C5H9N3.C2H4O2/c1-3-4(2)7-8-5(3)6;1-2(3)4/h1-2H3,(H3,6,7,8);1H3,(H,3,4). The number of rotatable bonds is 0. The van der Waals surface area contributed by atoms with Gasteiger partial charge in [0.05, 0.1) is 0 Å². The summed E-state index contributed by atoms with van der Waals surface area (Å²) in [7, 11) is 0. The lowest BCUT2D eigenvalue weighted by Crippen LogP contribution is -1.85. The lowest BCUT2D eigenvalue weighted by atomic mass is 10.3. The van der Waals surface area contributed by atoms with Crippen molar-refractivity contribution in [1.29, 1.82) is 0 Å². The molecule has 0 fully saturated rings. The van der Waals surface area contributed by atoms with Crippen LogP contribution in [0.15, 0.2) is 0 Å². The number of H-pyrrole nitrogens is 1. The minimum Gasteiger partial charge on any atom is -0.481 e. The van der Waals surface area contributed by atoms with Gasteiger partial charge in [0.2, 0.25) is 0 Å². The largest absolute Gasteiger partial charge is 0.481 e. The Bertz CT molecular complexity index is 244. The van der Waals surface area contributed by atoms with Gasteiger partial charge in [-0.1, -0.05) is 0 Å². The minimum atomic E-state index is -0.833. The van der Waals surface area contributed by atoms with E-state index in [1.54, 1.807) is 0 Å². The highest BCUT2D eigenvalue weighted by Crippen LogP contribution is 2.07. The first-order valence-corrected chi connectivity index (χ1v) is 3.41. The second kappa shape index (κ2) is 4.38. The number of aromatic nitrogens is 2. The van der Waals surface area contributed by atoms with Crippen LogP contribution in [0.4, 0.5) is 5.82 Å². The average molecular weight is 171 g/mol. The molecular formula is C7H13N3O2. The minimum absolute atomic E-state index is 0.600. The summed E-state index contributed by atoms with van der Waals surface area (Å²) in [6, 6.07) is 0. The number of nitrogens with two attached hydrogens (primary N) is 1. The van der Waals surface area contributed by atoms with E-state index in [0.29, 0.717) is 5.82 Å². The monoisotopic (exact) mass is 171 g/mol. The molecule has 0 saturated heterocycles. The SMILES string of the molecule is CC(=O)O.Cc1[nH]nc(N)c1C. The van der Waals surface area contributed by atoms with Crippen molar-refractivity contribution in [1.82, 2.24) is 10.2 Å². The second-order valence-electron chi connectivity index (χ2n) is 2.38. The van der Waals surface area contributed by atoms with Gasteiger partial charge < -0.3 is 10.8 Å². The number of hydrogen-bond donors (Lipinski definition) is 3. The molecule has 0 aliphatic carbocycles. The molecule has 12 heavy (non-hydrogen) atoms. The van der Waals surface area contributed by atoms with Crippen molar-refractivity contribution in [2.24, 2.45) is 0 Å². The Kier molecular flexibility index (Phi) is 3.82. The topological polar surface area (TPSA) is 92.0 Å². The third-order valence-electron chi connectivity index (χ3n) is 1.29. The van der Waals surface area contributed by atoms with Gasteiger partial charge in [-0.05, 0) is 13.8 Å². The molecule has 0 aliphatic rings. The van der Waals surface area contributed by atoms with Crippen LogP contribution >= 0.6 is 0 Å². The van der Waals surface area contributed by atoms with E-state index in [0.717, 1.165) is 18.2 Å². The first-order valence-electron chi connectivity index (χ1n) is 3.41. The molecular weight excluding hydrogens is 158 g/mol. The van der Waals surface area contributed by atoms with Gasteiger partial charge in [0, 0.05) is 18.2 Å². The number of aromatic amines is 1. The maximum Gasteiger partial charge on any atom is 0.300 e. The van der Waals surface area contributed by atoms with Gasteiger partial charge in [0.1, 0.15) is 5.82 Å². The van der Waals surface area contributed by atoms with Gasteiger partial charge in [-0.15, -0.1) is 0 Å². The second-order valence-corrected chi connectivity index (χ2v) is 2.38. The molecule has 0 unspecified atom stereocenters. The summed E-state index contributed by atoms with van der Waals surface area (Å²) in [5, 5.41) is 13.9. The van der Waals surface area contributed by atoms with Crippen molar-refractivity contribution in [3.8, 4) is 0 Å². The summed E-state index contributed by atoms with van der Waals surface area (Å²) >= 11 is 0. The fraction of sp³-hybridized carbons (Fsp3) is 0.429. The molecule has 0 bridgehead atoms. The summed E-state index contributed by atoms with van der Waals surface area (Å²) in [6.45, 7) is 4.97. The van der Waals surface area contributed by atoms with E-state index in [-0.39, 0.29) is 0 Å². The quantitative estimate of drug-likeness (QED) is 0.535. The Morgan fingerprint density at radius 3 is 2.08 bits per heavy atom. The summed E-state index contributed by atoms with van der Waals surface area (Å²) < 4.78 is 0. The molecule has 5 heteroatoms. The highest BCUT2D eigenvalue weighted by Gasteiger charge is 1.97. The van der Waals surface area contributed by atoms with E-state index in [1.807, 2.05) is 13.8 Å². The Morgan fingerprint density at radius 1 is 1.58 bits per heavy atom. The number of carbonyl (C=O) groups is 1. The van der Waals surface area contributed by atoms with Crippen molar-refractivity contribution >= 4 is 11.8 Å². The number of anilines is 1. The number of aryl methyl sites for hydroxylation is 1. The molecule has 1 aromatic heterocycles. The van der Waals surface area contributed by atoms with Crippen molar-refractivity contribution in [3.63, 3.8) is 0 Å². The first-order chi connectivity index (χ1) is 5.45. The lowest BCUT2D eigenvalue weighted by Gasteiger charge is -1.83. The van der Waals surface area contributed by atoms with Crippen LogP contribution in [0.25, 0.3) is 0 Å². The van der Waals surface area contributed by atoms with E-state index >= 15 is 0 Å². The van der Waals surface area contributed by atoms with Gasteiger partial charge in [-0.3, -0.25) is 9.89 Å². The molecule has 0 amide bonds. The predicted octanol–water partition coefficient (Wildman–Crippen LogP) is 0.700. The zero-order valence-corrected chi connectivity index (χ0v) is 7.38. The van der Waals surface area contributed by atoms with E-state index in [1.165, 1.54) is 0 Å². The van der Waals surface area contributed by atoms with E-state index in [4.69, 9.17) is 15.6 Å². The van der Waals surface area contributed by atoms with Crippen LogP contribution in [-0.4, -0.2) is 21.3 Å². The van der Waals surface area contributed by atoms with E-state index in [2.05, 4.69) is 10.2 Å². The predicted molar refractivity (Wildman–Crippen MR) is 45.8 cm³/mol. The van der Waals surface area contributed by atoms with Gasteiger partial charge in [0.25, 0.3) is 5.97 Å². The Balaban J connectivity index is 0.000000261. The van der Waals surface area contributed by atoms with Crippen molar-refractivity contribution in [3.05, 3.63) is 11.3 Å². The highest BCUT2D eigenvalue weighted by atomic mass is 16.4. The number of nitrogens with zero attached hydrogens (tertiary/aromatic N) is 1. The van der Waals surface area contributed by atoms with Gasteiger partial charge in [-0.25, -0.2) is 0 Å². The third kappa shape index (κ3) is 3.60. The number of nitrogen functional groups attached to an aromatic ring is 1. The van der Waals surface area contributed by atoms with E-state index in [9.17, 15) is 0 Å². The summed E-state index contributed by atoms with van der Waals surface area (Å²) in [6.07, 6.45) is 0. The van der Waals surface area contributed by atoms with Crippen LogP contribution in [-0.2, 0) is 4.79 Å². The number of carboxylic acids is 1. The normalized spacial score (nSPS) is 8.58. The van der Waals surface area contributed by atoms with Gasteiger partial charge in [0.15, 0.2) is 0 Å². The zero-order chi connectivity index (χ0) is 9.72. The molecule has 5 nitrogen and oxygen atoms in total. The molecule has 4 N–H and O–H groups in total. The number of nitrogens with one attached hydrogen (secondary N) is 1. The van der Waals surface area contributed by atoms with Crippen molar-refractivity contribution in [2.75, 3.05) is 5.73 Å². The number of aliphatic carboxylic acids is 1. The maximum absolute atomic E-state index is 9.00. The van der Waals surface area contributed by atoms with Crippen LogP contribution in [0, 0.1) is 13.8 Å². The Morgan fingerprint density at radius 2 is 2.00 bits per heavy atom. The lowest BCUT2D eigenvalue weighted by molar-refractivity contribution is -0.134. The van der Waals surface area contributed by atoms with Crippen molar-refractivity contribution < 1.29 is 9.90 Å². The third-order valence-corrected chi connectivity index (χ3v) is 1.29. The van der Waals surface area contributed by atoms with Crippen LogP contribution < -0.4 is 5.73 Å². The zero-order valence-electron chi connectivity index (χ0n) is 7.38. The Labute approximate surface area is 70.6 Å². The summed E-state index contributed by atoms with van der Waals surface area (Å²) in [4.78, 5) is 9.00. The molecule has 1 aromatic rings. The Hall–Kier alpha value is -1.52. The molecule has 0 spiro atoms. The first kappa shape index (κ1) is 10.5. The summed E-state index contributed by atoms with van der Waals surface area (Å²) in [5.74, 6) is -0.234. The fourth-order valence-electron chi connectivity index (χ4n) is 0.504. The molecule has 0 radical (unpaired) electrons.